The van der Waals surface area contributed by atoms with Crippen molar-refractivity contribution in [2.45, 2.75) is 24.8 Å². The van der Waals surface area contributed by atoms with Crippen LogP contribution in [-0.4, -0.2) is 42.2 Å². The Labute approximate surface area is 194 Å². The molecule has 3 rings (SSSR count). The van der Waals surface area contributed by atoms with Crippen molar-refractivity contribution in [1.29, 1.82) is 0 Å². The molecule has 29 heavy (non-hydrogen) atoms. The molecule has 5 nitrogen and oxygen atoms in total. The number of likely N-dealkylation sites (tertiary alicyclic amines) is 1. The first-order valence-corrected chi connectivity index (χ1v) is 10.7. The van der Waals surface area contributed by atoms with Gasteiger partial charge in [-0.3, -0.25) is 4.79 Å². The minimum absolute atomic E-state index is 0. The van der Waals surface area contributed by atoms with E-state index in [0.29, 0.717) is 18.0 Å². The van der Waals surface area contributed by atoms with Gasteiger partial charge in [0.15, 0.2) is 5.96 Å². The zero-order valence-electron chi connectivity index (χ0n) is 16.7. The largest absolute Gasteiger partial charge is 0.366 e. The molecule has 0 spiro atoms. The predicted molar refractivity (Wildman–Crippen MR) is 132 cm³/mol. The van der Waals surface area contributed by atoms with Crippen LogP contribution in [-0.2, 0) is 6.54 Å². The van der Waals surface area contributed by atoms with Crippen LogP contribution in [0.2, 0.25) is 0 Å². The molecule has 3 N–H and O–H groups in total. The maximum atomic E-state index is 11.4. The Morgan fingerprint density at radius 1 is 1.24 bits per heavy atom. The van der Waals surface area contributed by atoms with Gasteiger partial charge in [-0.15, -0.1) is 35.7 Å². The first-order chi connectivity index (χ1) is 13.7. The molecule has 1 aliphatic rings. The summed E-state index contributed by atoms with van der Waals surface area (Å²) >= 11 is 1.93. The molecule has 1 heterocycles. The summed E-state index contributed by atoms with van der Waals surface area (Å²) in [5, 5.41) is 3.40. The molecule has 1 unspecified atom stereocenters. The van der Waals surface area contributed by atoms with Crippen LogP contribution in [0, 0.1) is 5.92 Å². The lowest BCUT2D eigenvalue weighted by Gasteiger charge is -2.21. The number of primary amides is 1. The SMILES string of the molecule is CCNC(=NCc1cccc(C(N)=O)c1)N1CCC(CSc2ccccc2)C1.I. The van der Waals surface area contributed by atoms with Crippen molar-refractivity contribution in [2.75, 3.05) is 25.4 Å². The van der Waals surface area contributed by atoms with Gasteiger partial charge in [0.1, 0.15) is 0 Å². The number of hydrogen-bond acceptors (Lipinski definition) is 3. The highest BCUT2D eigenvalue weighted by Crippen LogP contribution is 2.26. The fraction of sp³-hybridized carbons (Fsp3) is 0.364. The summed E-state index contributed by atoms with van der Waals surface area (Å²) in [6.45, 7) is 5.49. The molecule has 1 fully saturated rings. The van der Waals surface area contributed by atoms with Crippen molar-refractivity contribution < 1.29 is 4.79 Å². The van der Waals surface area contributed by atoms with Gasteiger partial charge >= 0.3 is 0 Å². The van der Waals surface area contributed by atoms with Crippen LogP contribution in [0.15, 0.2) is 64.5 Å². The van der Waals surface area contributed by atoms with Crippen molar-refractivity contribution >= 4 is 47.6 Å². The molecule has 1 amide bonds. The number of nitrogens with two attached hydrogens (primary N) is 1. The number of hydrogen-bond donors (Lipinski definition) is 2. The van der Waals surface area contributed by atoms with Gasteiger partial charge < -0.3 is 16.0 Å². The lowest BCUT2D eigenvalue weighted by atomic mass is 10.1. The quantitative estimate of drug-likeness (QED) is 0.249. The number of guanidine groups is 1. The molecule has 1 atom stereocenters. The zero-order chi connectivity index (χ0) is 19.8. The maximum absolute atomic E-state index is 11.4. The first-order valence-electron chi connectivity index (χ1n) is 9.75. The number of nitrogens with one attached hydrogen (secondary N) is 1. The molecule has 0 radical (unpaired) electrons. The van der Waals surface area contributed by atoms with E-state index < -0.39 is 5.91 Å². The smallest absolute Gasteiger partial charge is 0.248 e. The fourth-order valence-electron chi connectivity index (χ4n) is 3.31. The average Bonchev–Trinajstić information content (AvgIpc) is 3.19. The van der Waals surface area contributed by atoms with Crippen molar-refractivity contribution in [3.05, 3.63) is 65.7 Å². The van der Waals surface area contributed by atoms with E-state index in [0.717, 1.165) is 36.9 Å². The maximum Gasteiger partial charge on any atom is 0.248 e. The molecule has 7 heteroatoms. The highest BCUT2D eigenvalue weighted by atomic mass is 127. The second-order valence-electron chi connectivity index (χ2n) is 6.96. The van der Waals surface area contributed by atoms with Gasteiger partial charge in [0.25, 0.3) is 0 Å². The van der Waals surface area contributed by atoms with Crippen molar-refractivity contribution in [3.63, 3.8) is 0 Å². The van der Waals surface area contributed by atoms with Crippen molar-refractivity contribution in [3.8, 4) is 0 Å². The summed E-state index contributed by atoms with van der Waals surface area (Å²) in [4.78, 5) is 19.8. The molecule has 1 aliphatic heterocycles. The number of halogens is 1. The Bertz CT molecular complexity index is 815. The average molecular weight is 524 g/mol. The van der Waals surface area contributed by atoms with Crippen LogP contribution in [0.5, 0.6) is 0 Å². The van der Waals surface area contributed by atoms with Crippen molar-refractivity contribution in [2.24, 2.45) is 16.6 Å². The normalized spacial score (nSPS) is 16.4. The second-order valence-corrected chi connectivity index (χ2v) is 8.05. The summed E-state index contributed by atoms with van der Waals surface area (Å²) in [5.41, 5.74) is 6.89. The number of benzene rings is 2. The van der Waals surface area contributed by atoms with E-state index in [2.05, 4.69) is 47.5 Å². The summed E-state index contributed by atoms with van der Waals surface area (Å²) in [6, 6.07) is 18.0. The first kappa shape index (κ1) is 23.5. The zero-order valence-corrected chi connectivity index (χ0v) is 19.9. The van der Waals surface area contributed by atoms with Crippen LogP contribution in [0.4, 0.5) is 0 Å². The van der Waals surface area contributed by atoms with E-state index in [1.54, 1.807) is 6.07 Å². The highest BCUT2D eigenvalue weighted by molar-refractivity contribution is 14.0. The Morgan fingerprint density at radius 3 is 2.76 bits per heavy atom. The predicted octanol–water partition coefficient (Wildman–Crippen LogP) is 3.98. The number of carbonyl (C=O) groups is 1. The fourth-order valence-corrected chi connectivity index (χ4v) is 4.36. The lowest BCUT2D eigenvalue weighted by molar-refractivity contribution is 0.1000. The molecule has 0 aliphatic carbocycles. The van der Waals surface area contributed by atoms with E-state index in [-0.39, 0.29) is 24.0 Å². The van der Waals surface area contributed by atoms with Crippen LogP contribution in [0.25, 0.3) is 0 Å². The molecule has 2 aromatic rings. The van der Waals surface area contributed by atoms with E-state index >= 15 is 0 Å². The van der Waals surface area contributed by atoms with Crippen LogP contribution in [0.1, 0.15) is 29.3 Å². The highest BCUT2D eigenvalue weighted by Gasteiger charge is 2.24. The minimum atomic E-state index is -0.406. The third kappa shape index (κ3) is 7.22. The third-order valence-electron chi connectivity index (χ3n) is 4.77. The molecule has 0 saturated carbocycles. The Morgan fingerprint density at radius 2 is 2.03 bits per heavy atom. The van der Waals surface area contributed by atoms with Crippen molar-refractivity contribution in [1.82, 2.24) is 10.2 Å². The molecule has 0 bridgehead atoms. The Kier molecular flexibility index (Phi) is 9.80. The summed E-state index contributed by atoms with van der Waals surface area (Å²) < 4.78 is 0. The summed E-state index contributed by atoms with van der Waals surface area (Å²) in [6.07, 6.45) is 1.18. The van der Waals surface area contributed by atoms with Crippen LogP contribution < -0.4 is 11.1 Å². The number of nitrogens with zero attached hydrogens (tertiary/aromatic N) is 2. The molecule has 0 aromatic heterocycles. The van der Waals surface area contributed by atoms with Gasteiger partial charge in [-0.25, -0.2) is 4.99 Å². The minimum Gasteiger partial charge on any atom is -0.366 e. The molecule has 1 saturated heterocycles. The lowest BCUT2D eigenvalue weighted by Crippen LogP contribution is -2.40. The number of carbonyl (C=O) groups excluding carboxylic acids is 1. The molecule has 156 valence electrons. The van der Waals surface area contributed by atoms with E-state index in [4.69, 9.17) is 10.7 Å². The molecular weight excluding hydrogens is 495 g/mol. The Balaban J connectivity index is 0.00000300. The number of rotatable bonds is 7. The van der Waals surface area contributed by atoms with E-state index in [9.17, 15) is 4.79 Å². The standard InChI is InChI=1S/C22H28N4OS.HI/c1-2-24-22(25-14-17-7-6-8-19(13-17)21(23)27)26-12-11-18(15-26)16-28-20-9-4-3-5-10-20;/h3-10,13,18H,2,11-12,14-16H2,1H3,(H2,23,27)(H,24,25);1H. The van der Waals surface area contributed by atoms with E-state index in [1.807, 2.05) is 30.0 Å². The summed E-state index contributed by atoms with van der Waals surface area (Å²) in [5.74, 6) is 2.32. The van der Waals surface area contributed by atoms with Gasteiger partial charge in [-0.05, 0) is 49.1 Å². The van der Waals surface area contributed by atoms with Gasteiger partial charge in [0, 0.05) is 35.8 Å². The van der Waals surface area contributed by atoms with E-state index in [1.165, 1.54) is 11.3 Å². The number of aliphatic imine (C=N–C) groups is 1. The van der Waals surface area contributed by atoms with Gasteiger partial charge in [0.2, 0.25) is 5.91 Å². The van der Waals surface area contributed by atoms with Gasteiger partial charge in [0.05, 0.1) is 6.54 Å². The second kappa shape index (κ2) is 12.1. The van der Waals surface area contributed by atoms with Gasteiger partial charge in [-0.1, -0.05) is 30.3 Å². The van der Waals surface area contributed by atoms with Crippen LogP contribution >= 0.6 is 35.7 Å². The Hall–Kier alpha value is -1.74. The monoisotopic (exact) mass is 524 g/mol. The van der Waals surface area contributed by atoms with Gasteiger partial charge in [-0.2, -0.15) is 0 Å². The summed E-state index contributed by atoms with van der Waals surface area (Å²) in [7, 11) is 0. The molecule has 2 aromatic carbocycles. The molecular formula is C22H29IN4OS. The van der Waals surface area contributed by atoms with Crippen LogP contribution in [0.3, 0.4) is 0 Å². The third-order valence-corrected chi connectivity index (χ3v) is 6.02. The number of thioether (sulfide) groups is 1. The topological polar surface area (TPSA) is 70.7 Å². The number of amides is 1.